The van der Waals surface area contributed by atoms with Crippen LogP contribution in [-0.4, -0.2) is 33.0 Å². The fraction of sp³-hybridized carbons (Fsp3) is 0.176. The topological polar surface area (TPSA) is 92.7 Å². The molecule has 2 N–H and O–H groups in total. The third-order valence-electron chi connectivity index (χ3n) is 3.09. The number of benzene rings is 1. The van der Waals surface area contributed by atoms with Crippen LogP contribution in [0.1, 0.15) is 22.8 Å². The smallest absolute Gasteiger partial charge is 0.271 e. The van der Waals surface area contributed by atoms with Crippen molar-refractivity contribution in [2.45, 2.75) is 16.9 Å². The van der Waals surface area contributed by atoms with Gasteiger partial charge in [0.2, 0.25) is 15.9 Å². The van der Waals surface area contributed by atoms with E-state index in [1.807, 2.05) is 0 Å². The maximum atomic E-state index is 11.8. The summed E-state index contributed by atoms with van der Waals surface area (Å²) in [6.45, 7) is 1.28. The van der Waals surface area contributed by atoms with Gasteiger partial charge < -0.3 is 10.1 Å². The number of nitrogens with zero attached hydrogens (tertiary/aromatic N) is 2. The van der Waals surface area contributed by atoms with Crippen LogP contribution >= 0.6 is 34.8 Å². The first kappa shape index (κ1) is 21.0. The Balaban J connectivity index is 1.96. The van der Waals surface area contributed by atoms with Crippen LogP contribution in [0.25, 0.3) is 0 Å². The van der Waals surface area contributed by atoms with Crippen molar-refractivity contribution in [2.24, 2.45) is 5.10 Å². The Kier molecular flexibility index (Phi) is 7.41. The summed E-state index contributed by atoms with van der Waals surface area (Å²) in [4.78, 5) is 26.9. The molecule has 0 fully saturated rings. The second kappa shape index (κ2) is 9.55. The lowest BCUT2D eigenvalue weighted by Crippen LogP contribution is -2.47. The van der Waals surface area contributed by atoms with Gasteiger partial charge in [-0.3, -0.25) is 14.6 Å². The number of nitrogens with one attached hydrogen (secondary N) is 2. The zero-order chi connectivity index (χ0) is 19.9. The van der Waals surface area contributed by atoms with Crippen molar-refractivity contribution in [2.75, 3.05) is 0 Å². The summed E-state index contributed by atoms with van der Waals surface area (Å²) in [6, 6.07) is 9.73. The number of carbonyl (C=O) groups excluding carboxylic acids is 2. The van der Waals surface area contributed by atoms with Gasteiger partial charge >= 0.3 is 0 Å². The molecule has 2 amide bonds. The average Bonchev–Trinajstić information content (AvgIpc) is 2.62. The quantitative estimate of drug-likeness (QED) is 0.319. The van der Waals surface area contributed by atoms with Gasteiger partial charge in [-0.15, -0.1) is 0 Å². The van der Waals surface area contributed by atoms with Crippen LogP contribution in [0.4, 0.5) is 0 Å². The van der Waals surface area contributed by atoms with Crippen LogP contribution in [0.2, 0.25) is 0 Å². The molecule has 10 heteroatoms. The van der Waals surface area contributed by atoms with Gasteiger partial charge in [0, 0.05) is 24.9 Å². The van der Waals surface area contributed by atoms with Gasteiger partial charge in [-0.1, -0.05) is 34.8 Å². The summed E-state index contributed by atoms with van der Waals surface area (Å²) >= 11 is 17.4. The van der Waals surface area contributed by atoms with Crippen LogP contribution in [-0.2, 0) is 4.79 Å². The molecule has 0 unspecified atom stereocenters. The molecule has 0 saturated carbocycles. The highest BCUT2D eigenvalue weighted by molar-refractivity contribution is 6.68. The predicted molar refractivity (Wildman–Crippen MR) is 104 cm³/mol. The lowest BCUT2D eigenvalue weighted by atomic mass is 10.2. The number of alkyl halides is 3. The first-order chi connectivity index (χ1) is 12.8. The summed E-state index contributed by atoms with van der Waals surface area (Å²) in [5, 5.41) is 6.29. The van der Waals surface area contributed by atoms with Crippen molar-refractivity contribution in [3.8, 4) is 5.75 Å². The number of amides is 2. The van der Waals surface area contributed by atoms with Gasteiger partial charge in [0.15, 0.2) is 0 Å². The van der Waals surface area contributed by atoms with Crippen LogP contribution in [0, 0.1) is 0 Å². The molecule has 2 rings (SSSR count). The normalized spacial score (nSPS) is 12.4. The highest BCUT2D eigenvalue weighted by atomic mass is 35.6. The molecule has 1 aromatic carbocycles. The monoisotopic (exact) mass is 428 g/mol. The summed E-state index contributed by atoms with van der Waals surface area (Å²) < 4.78 is 3.65. The van der Waals surface area contributed by atoms with Crippen LogP contribution in [0.3, 0.4) is 0 Å². The van der Waals surface area contributed by atoms with Crippen molar-refractivity contribution in [1.82, 2.24) is 15.7 Å². The molecule has 1 aromatic heterocycles. The van der Waals surface area contributed by atoms with Crippen molar-refractivity contribution < 1.29 is 14.3 Å². The summed E-state index contributed by atoms with van der Waals surface area (Å²) in [7, 11) is 0. The van der Waals surface area contributed by atoms with Gasteiger partial charge in [0.25, 0.3) is 5.91 Å². The van der Waals surface area contributed by atoms with Gasteiger partial charge in [-0.25, -0.2) is 5.43 Å². The average molecular weight is 430 g/mol. The lowest BCUT2D eigenvalue weighted by Gasteiger charge is -2.25. The van der Waals surface area contributed by atoms with Gasteiger partial charge in [0.1, 0.15) is 5.75 Å². The maximum Gasteiger partial charge on any atom is 0.271 e. The first-order valence-corrected chi connectivity index (χ1v) is 8.73. The second-order valence-corrected chi connectivity index (χ2v) is 7.61. The van der Waals surface area contributed by atoms with E-state index in [9.17, 15) is 9.59 Å². The largest absolute Gasteiger partial charge is 0.466 e. The number of carbonyl (C=O) groups is 2. The molecule has 0 radical (unpaired) electrons. The molecular weight excluding hydrogens is 415 g/mol. The van der Waals surface area contributed by atoms with Gasteiger partial charge in [-0.2, -0.15) is 5.10 Å². The molecule has 0 aliphatic heterocycles. The Morgan fingerprint density at radius 1 is 1.15 bits per heavy atom. The fourth-order valence-corrected chi connectivity index (χ4v) is 2.16. The van der Waals surface area contributed by atoms with E-state index in [2.05, 4.69) is 20.8 Å². The predicted octanol–water partition coefficient (Wildman–Crippen LogP) is 3.06. The molecule has 0 aliphatic rings. The minimum absolute atomic E-state index is 0.352. The standard InChI is InChI=1S/C17H15Cl3N4O3/c1-11(25)23-16(17(18,19)20)27-14-4-2-12(3-5-14)10-22-24-15(26)13-6-8-21-9-7-13/h2-10,16H,1H3,(H,23,25)(H,24,26)/b22-10-/t16-/m1/s1. The van der Waals surface area contributed by atoms with Crippen molar-refractivity contribution in [3.63, 3.8) is 0 Å². The zero-order valence-corrected chi connectivity index (χ0v) is 16.3. The number of halogens is 3. The Bertz CT molecular complexity index is 808. The van der Waals surface area contributed by atoms with E-state index >= 15 is 0 Å². The number of pyridine rings is 1. The minimum Gasteiger partial charge on any atom is -0.466 e. The third kappa shape index (κ3) is 7.05. The maximum absolute atomic E-state index is 11.8. The molecule has 2 aromatic rings. The second-order valence-electron chi connectivity index (χ2n) is 5.24. The van der Waals surface area contributed by atoms with E-state index in [1.54, 1.807) is 36.4 Å². The molecular formula is C17H15Cl3N4O3. The number of hydrazone groups is 1. The number of rotatable bonds is 6. The number of aromatic nitrogens is 1. The molecule has 0 aliphatic carbocycles. The SMILES string of the molecule is CC(=O)N[C@H](Oc1ccc(/C=N\NC(=O)c2ccncc2)cc1)C(Cl)(Cl)Cl. The van der Waals surface area contributed by atoms with Crippen molar-refractivity contribution in [3.05, 3.63) is 59.9 Å². The van der Waals surface area contributed by atoms with E-state index in [4.69, 9.17) is 39.5 Å². The van der Waals surface area contributed by atoms with E-state index in [0.717, 1.165) is 0 Å². The highest BCUT2D eigenvalue weighted by Crippen LogP contribution is 2.31. The van der Waals surface area contributed by atoms with Crippen molar-refractivity contribution >= 4 is 52.8 Å². The molecule has 1 atom stereocenters. The van der Waals surface area contributed by atoms with Gasteiger partial charge in [-0.05, 0) is 42.0 Å². The van der Waals surface area contributed by atoms with E-state index in [-0.39, 0.29) is 5.91 Å². The van der Waals surface area contributed by atoms with Crippen LogP contribution < -0.4 is 15.5 Å². The minimum atomic E-state index is -1.84. The number of ether oxygens (including phenoxy) is 1. The lowest BCUT2D eigenvalue weighted by molar-refractivity contribution is -0.121. The Morgan fingerprint density at radius 3 is 2.33 bits per heavy atom. The first-order valence-electron chi connectivity index (χ1n) is 7.59. The Labute approximate surface area is 170 Å². The number of hydrogen-bond donors (Lipinski definition) is 2. The molecule has 0 bridgehead atoms. The highest BCUT2D eigenvalue weighted by Gasteiger charge is 2.35. The van der Waals surface area contributed by atoms with Crippen molar-refractivity contribution in [1.29, 1.82) is 0 Å². The summed E-state index contributed by atoms with van der Waals surface area (Å²) in [6.07, 6.45) is 3.34. The van der Waals surface area contributed by atoms with E-state index < -0.39 is 15.9 Å². The Hall–Kier alpha value is -2.35. The zero-order valence-electron chi connectivity index (χ0n) is 14.0. The summed E-state index contributed by atoms with van der Waals surface area (Å²) in [5.41, 5.74) is 3.55. The Morgan fingerprint density at radius 2 is 1.78 bits per heavy atom. The molecule has 142 valence electrons. The third-order valence-corrected chi connectivity index (χ3v) is 3.68. The van der Waals surface area contributed by atoms with Crippen LogP contribution in [0.5, 0.6) is 5.75 Å². The molecule has 0 spiro atoms. The molecule has 7 nitrogen and oxygen atoms in total. The van der Waals surface area contributed by atoms with Gasteiger partial charge in [0.05, 0.1) is 6.21 Å². The fourth-order valence-electron chi connectivity index (χ4n) is 1.86. The number of hydrogen-bond acceptors (Lipinski definition) is 5. The summed E-state index contributed by atoms with van der Waals surface area (Å²) in [5.74, 6) is -0.382. The van der Waals surface area contributed by atoms with Crippen LogP contribution in [0.15, 0.2) is 53.9 Å². The molecule has 27 heavy (non-hydrogen) atoms. The molecule has 0 saturated heterocycles. The van der Waals surface area contributed by atoms with E-state index in [1.165, 1.54) is 25.5 Å². The van der Waals surface area contributed by atoms with E-state index in [0.29, 0.717) is 16.9 Å². The molecule has 1 heterocycles.